The predicted molar refractivity (Wildman–Crippen MR) is 46.6 cm³/mol. The van der Waals surface area contributed by atoms with Crippen molar-refractivity contribution in [2.75, 3.05) is 7.11 Å². The van der Waals surface area contributed by atoms with E-state index in [1.54, 1.807) is 6.07 Å². The zero-order chi connectivity index (χ0) is 10.4. The van der Waals surface area contributed by atoms with Crippen LogP contribution in [0.25, 0.3) is 0 Å². The fourth-order valence-corrected chi connectivity index (χ4v) is 1.09. The van der Waals surface area contributed by atoms with E-state index in [9.17, 15) is 4.79 Å². The number of methoxy groups -OCH3 is 1. The minimum atomic E-state index is -1.09. The van der Waals surface area contributed by atoms with Crippen molar-refractivity contribution < 1.29 is 14.6 Å². The number of esters is 1. The van der Waals surface area contributed by atoms with Crippen LogP contribution in [0.5, 0.6) is 0 Å². The molecule has 0 amide bonds. The molecule has 0 bridgehead atoms. The molecule has 0 spiro atoms. The minimum Gasteiger partial charge on any atom is -0.469 e. The van der Waals surface area contributed by atoms with Gasteiger partial charge in [0, 0.05) is 6.42 Å². The van der Waals surface area contributed by atoms with E-state index in [2.05, 4.69) is 4.74 Å². The lowest BCUT2D eigenvalue weighted by Gasteiger charge is -2.18. The summed E-state index contributed by atoms with van der Waals surface area (Å²) in [4.78, 5) is 11.2. The molecule has 2 atom stereocenters. The van der Waals surface area contributed by atoms with Crippen molar-refractivity contribution in [2.24, 2.45) is 11.8 Å². The molecule has 1 N–H and O–H groups in total. The first kappa shape index (κ1) is 11.9. The Kier molecular flexibility index (Phi) is 5.09. The van der Waals surface area contributed by atoms with E-state index in [1.165, 1.54) is 7.11 Å². The molecule has 0 fully saturated rings. The molecule has 0 aromatic rings. The summed E-state index contributed by atoms with van der Waals surface area (Å²) < 4.78 is 4.56. The summed E-state index contributed by atoms with van der Waals surface area (Å²) in [5.74, 6) is -0.709. The van der Waals surface area contributed by atoms with Crippen molar-refractivity contribution in [1.82, 2.24) is 0 Å². The van der Waals surface area contributed by atoms with Gasteiger partial charge in [-0.3, -0.25) is 4.79 Å². The monoisotopic (exact) mass is 185 g/mol. The highest BCUT2D eigenvalue weighted by Crippen LogP contribution is 2.18. The van der Waals surface area contributed by atoms with Gasteiger partial charge >= 0.3 is 5.97 Å². The number of hydrogen-bond acceptors (Lipinski definition) is 4. The third-order valence-electron chi connectivity index (χ3n) is 1.93. The lowest BCUT2D eigenvalue weighted by atomic mass is 9.90. The predicted octanol–water partition coefficient (Wildman–Crippen LogP) is 0.706. The lowest BCUT2D eigenvalue weighted by Crippen LogP contribution is -2.25. The van der Waals surface area contributed by atoms with Crippen LogP contribution < -0.4 is 0 Å². The number of rotatable bonds is 4. The summed E-state index contributed by atoms with van der Waals surface area (Å²) >= 11 is 0. The van der Waals surface area contributed by atoms with Gasteiger partial charge in [0.1, 0.15) is 6.10 Å². The summed E-state index contributed by atoms with van der Waals surface area (Å²) in [6, 6.07) is 1.68. The van der Waals surface area contributed by atoms with Crippen molar-refractivity contribution in [3.8, 4) is 6.07 Å². The van der Waals surface area contributed by atoms with Gasteiger partial charge in [-0.15, -0.1) is 0 Å². The van der Waals surface area contributed by atoms with Crippen LogP contribution in [0.2, 0.25) is 0 Å². The van der Waals surface area contributed by atoms with Crippen molar-refractivity contribution in [2.45, 2.75) is 26.4 Å². The average molecular weight is 185 g/mol. The van der Waals surface area contributed by atoms with Crippen molar-refractivity contribution in [3.05, 3.63) is 0 Å². The molecule has 13 heavy (non-hydrogen) atoms. The zero-order valence-electron chi connectivity index (χ0n) is 8.15. The Morgan fingerprint density at radius 3 is 2.46 bits per heavy atom. The lowest BCUT2D eigenvalue weighted by molar-refractivity contribution is -0.148. The van der Waals surface area contributed by atoms with Gasteiger partial charge in [-0.2, -0.15) is 5.26 Å². The topological polar surface area (TPSA) is 70.3 Å². The highest BCUT2D eigenvalue weighted by atomic mass is 16.5. The molecule has 0 radical (unpaired) electrons. The van der Waals surface area contributed by atoms with E-state index in [1.807, 2.05) is 13.8 Å². The van der Waals surface area contributed by atoms with Crippen LogP contribution in [0, 0.1) is 23.2 Å². The van der Waals surface area contributed by atoms with E-state index in [-0.39, 0.29) is 18.3 Å². The van der Waals surface area contributed by atoms with Crippen LogP contribution in [0.1, 0.15) is 20.3 Å². The summed E-state index contributed by atoms with van der Waals surface area (Å²) in [6.07, 6.45) is -0.951. The van der Waals surface area contributed by atoms with Crippen LogP contribution in [-0.2, 0) is 9.53 Å². The molecule has 0 saturated heterocycles. The Labute approximate surface area is 78.1 Å². The molecule has 74 valence electrons. The van der Waals surface area contributed by atoms with Crippen LogP contribution >= 0.6 is 0 Å². The van der Waals surface area contributed by atoms with Crippen LogP contribution in [-0.4, -0.2) is 24.3 Å². The van der Waals surface area contributed by atoms with Gasteiger partial charge in [0.05, 0.1) is 19.1 Å². The fraction of sp³-hybridized carbons (Fsp3) is 0.778. The molecule has 0 aromatic heterocycles. The van der Waals surface area contributed by atoms with Gasteiger partial charge in [-0.25, -0.2) is 0 Å². The number of carbonyl (C=O) groups is 1. The van der Waals surface area contributed by atoms with Crippen molar-refractivity contribution >= 4 is 5.97 Å². The maximum absolute atomic E-state index is 11.2. The van der Waals surface area contributed by atoms with E-state index >= 15 is 0 Å². The molecular formula is C9H15NO3. The molecule has 4 heteroatoms. The van der Waals surface area contributed by atoms with Gasteiger partial charge in [0.2, 0.25) is 0 Å². The van der Waals surface area contributed by atoms with Gasteiger partial charge < -0.3 is 9.84 Å². The third kappa shape index (κ3) is 3.90. The van der Waals surface area contributed by atoms with Crippen LogP contribution in [0.4, 0.5) is 0 Å². The second-order valence-electron chi connectivity index (χ2n) is 3.25. The normalized spacial score (nSPS) is 14.8. The Morgan fingerprint density at radius 2 is 2.15 bits per heavy atom. The number of hydrogen-bond donors (Lipinski definition) is 1. The average Bonchev–Trinajstić information content (AvgIpc) is 2.11. The largest absolute Gasteiger partial charge is 0.469 e. The van der Waals surface area contributed by atoms with Gasteiger partial charge in [0.25, 0.3) is 0 Å². The van der Waals surface area contributed by atoms with Crippen LogP contribution in [0.3, 0.4) is 0 Å². The Balaban J connectivity index is 4.28. The number of carbonyl (C=O) groups excluding carboxylic acids is 1. The molecule has 0 aliphatic carbocycles. The highest BCUT2D eigenvalue weighted by molar-refractivity contribution is 5.72. The van der Waals surface area contributed by atoms with E-state index in [4.69, 9.17) is 10.4 Å². The summed E-state index contributed by atoms with van der Waals surface area (Å²) in [7, 11) is 1.30. The van der Waals surface area contributed by atoms with Gasteiger partial charge in [-0.1, -0.05) is 13.8 Å². The fourth-order valence-electron chi connectivity index (χ4n) is 1.09. The number of aliphatic hydroxyl groups is 1. The molecule has 4 nitrogen and oxygen atoms in total. The van der Waals surface area contributed by atoms with E-state index < -0.39 is 12.0 Å². The summed E-state index contributed by atoms with van der Waals surface area (Å²) in [6.45, 7) is 3.71. The Bertz CT molecular complexity index is 207. The third-order valence-corrected chi connectivity index (χ3v) is 1.93. The van der Waals surface area contributed by atoms with Crippen molar-refractivity contribution in [3.63, 3.8) is 0 Å². The molecule has 0 heterocycles. The standard InChI is InChI=1S/C9H15NO3/c1-6(2)8(9(12)13-3)4-7(11)5-10/h6-8,11H,4H2,1-3H3/t7-,8?/m0/s1. The van der Waals surface area contributed by atoms with Crippen molar-refractivity contribution in [1.29, 1.82) is 5.26 Å². The molecule has 1 unspecified atom stereocenters. The maximum Gasteiger partial charge on any atom is 0.309 e. The number of aliphatic hydroxyl groups excluding tert-OH is 1. The maximum atomic E-state index is 11.2. The molecule has 0 saturated carbocycles. The Hall–Kier alpha value is -1.08. The summed E-state index contributed by atoms with van der Waals surface area (Å²) in [5, 5.41) is 17.4. The number of nitrogens with zero attached hydrogens (tertiary/aromatic N) is 1. The number of ether oxygens (including phenoxy) is 1. The zero-order valence-corrected chi connectivity index (χ0v) is 8.15. The highest BCUT2D eigenvalue weighted by Gasteiger charge is 2.25. The first-order chi connectivity index (χ1) is 6.02. The van der Waals surface area contributed by atoms with Gasteiger partial charge in [-0.05, 0) is 5.92 Å². The molecule has 0 aliphatic heterocycles. The smallest absolute Gasteiger partial charge is 0.309 e. The number of nitriles is 1. The van der Waals surface area contributed by atoms with Crippen LogP contribution in [0.15, 0.2) is 0 Å². The first-order valence-electron chi connectivity index (χ1n) is 4.18. The molecule has 0 aromatic carbocycles. The van der Waals surface area contributed by atoms with E-state index in [0.717, 1.165) is 0 Å². The minimum absolute atomic E-state index is 0.0652. The van der Waals surface area contributed by atoms with Gasteiger partial charge in [0.15, 0.2) is 0 Å². The summed E-state index contributed by atoms with van der Waals surface area (Å²) in [5.41, 5.74) is 0. The molecule has 0 aliphatic rings. The quantitative estimate of drug-likeness (QED) is 0.517. The molecular weight excluding hydrogens is 170 g/mol. The second kappa shape index (κ2) is 5.55. The first-order valence-corrected chi connectivity index (χ1v) is 4.18. The Morgan fingerprint density at radius 1 is 1.62 bits per heavy atom. The second-order valence-corrected chi connectivity index (χ2v) is 3.25. The SMILES string of the molecule is COC(=O)C(C[C@H](O)C#N)C(C)C. The molecule has 0 rings (SSSR count). The van der Waals surface area contributed by atoms with E-state index in [0.29, 0.717) is 0 Å².